The van der Waals surface area contributed by atoms with E-state index in [4.69, 9.17) is 5.11 Å². The van der Waals surface area contributed by atoms with Crippen molar-refractivity contribution in [2.75, 3.05) is 0 Å². The molecule has 1 aliphatic rings. The van der Waals surface area contributed by atoms with Gasteiger partial charge in [-0.2, -0.15) is 0 Å². The molecule has 0 fully saturated rings. The summed E-state index contributed by atoms with van der Waals surface area (Å²) in [7, 11) is 0. The first kappa shape index (κ1) is 9.83. The zero-order chi connectivity index (χ0) is 10.8. The maximum absolute atomic E-state index is 10.5. The second kappa shape index (κ2) is 3.81. The van der Waals surface area contributed by atoms with E-state index in [2.05, 4.69) is 5.32 Å². The number of hydrogen-bond donors (Lipinski definition) is 3. The van der Waals surface area contributed by atoms with E-state index < -0.39 is 6.09 Å². The minimum Gasteiger partial charge on any atom is -0.508 e. The molecule has 1 amide bonds. The van der Waals surface area contributed by atoms with Crippen LogP contribution in [0.2, 0.25) is 0 Å². The third-order valence-corrected chi connectivity index (χ3v) is 2.75. The number of nitrogens with one attached hydrogen (secondary N) is 1. The zero-order valence-electron chi connectivity index (χ0n) is 8.23. The highest BCUT2D eigenvalue weighted by molar-refractivity contribution is 5.65. The van der Waals surface area contributed by atoms with Crippen LogP contribution in [0, 0.1) is 0 Å². The SMILES string of the molecule is O=C(O)NC1CCc2ccc(O)cc2C1. The van der Waals surface area contributed by atoms with Gasteiger partial charge in [0.25, 0.3) is 0 Å². The first-order valence-electron chi connectivity index (χ1n) is 4.95. The first-order valence-corrected chi connectivity index (χ1v) is 4.95. The molecule has 0 saturated carbocycles. The van der Waals surface area contributed by atoms with Crippen molar-refractivity contribution in [1.82, 2.24) is 5.32 Å². The molecule has 0 heterocycles. The van der Waals surface area contributed by atoms with Crippen molar-refractivity contribution in [3.8, 4) is 5.75 Å². The molecule has 1 aliphatic carbocycles. The van der Waals surface area contributed by atoms with Crippen LogP contribution in [-0.4, -0.2) is 22.3 Å². The molecule has 1 aromatic rings. The zero-order valence-corrected chi connectivity index (χ0v) is 8.23. The van der Waals surface area contributed by atoms with Crippen LogP contribution in [0.5, 0.6) is 5.75 Å². The summed E-state index contributed by atoms with van der Waals surface area (Å²) in [4.78, 5) is 10.5. The second-order valence-electron chi connectivity index (χ2n) is 3.84. The molecule has 0 saturated heterocycles. The molecule has 0 aliphatic heterocycles. The summed E-state index contributed by atoms with van der Waals surface area (Å²) in [6.45, 7) is 0. The van der Waals surface area contributed by atoms with Gasteiger partial charge in [0, 0.05) is 6.04 Å². The lowest BCUT2D eigenvalue weighted by atomic mass is 9.88. The van der Waals surface area contributed by atoms with Gasteiger partial charge in [-0.05, 0) is 42.5 Å². The minimum absolute atomic E-state index is 0.0307. The molecule has 4 nitrogen and oxygen atoms in total. The number of benzene rings is 1. The maximum Gasteiger partial charge on any atom is 0.404 e. The van der Waals surface area contributed by atoms with Gasteiger partial charge >= 0.3 is 6.09 Å². The fourth-order valence-corrected chi connectivity index (χ4v) is 2.04. The van der Waals surface area contributed by atoms with E-state index in [0.717, 1.165) is 18.4 Å². The van der Waals surface area contributed by atoms with E-state index in [9.17, 15) is 9.90 Å². The normalized spacial score (nSPS) is 19.3. The van der Waals surface area contributed by atoms with Gasteiger partial charge in [0.2, 0.25) is 0 Å². The average molecular weight is 207 g/mol. The van der Waals surface area contributed by atoms with E-state index >= 15 is 0 Å². The molecular weight excluding hydrogens is 194 g/mol. The van der Waals surface area contributed by atoms with Crippen molar-refractivity contribution in [3.05, 3.63) is 29.3 Å². The number of hydrogen-bond acceptors (Lipinski definition) is 2. The molecule has 0 bridgehead atoms. The van der Waals surface area contributed by atoms with Gasteiger partial charge in [-0.15, -0.1) is 0 Å². The summed E-state index contributed by atoms with van der Waals surface area (Å²) in [5.41, 5.74) is 2.25. The van der Waals surface area contributed by atoms with Gasteiger partial charge in [0.1, 0.15) is 5.75 Å². The summed E-state index contributed by atoms with van der Waals surface area (Å²) < 4.78 is 0. The number of rotatable bonds is 1. The third-order valence-electron chi connectivity index (χ3n) is 2.75. The van der Waals surface area contributed by atoms with Gasteiger partial charge in [0.05, 0.1) is 0 Å². The third kappa shape index (κ3) is 2.21. The van der Waals surface area contributed by atoms with E-state index in [1.807, 2.05) is 6.07 Å². The number of phenolic OH excluding ortho intramolecular Hbond substituents is 1. The largest absolute Gasteiger partial charge is 0.508 e. The first-order chi connectivity index (χ1) is 7.15. The van der Waals surface area contributed by atoms with Gasteiger partial charge in [-0.1, -0.05) is 6.07 Å². The number of aryl methyl sites for hydroxylation is 1. The van der Waals surface area contributed by atoms with Crippen LogP contribution in [0.15, 0.2) is 18.2 Å². The fourth-order valence-electron chi connectivity index (χ4n) is 2.04. The predicted molar refractivity (Wildman–Crippen MR) is 55.1 cm³/mol. The Balaban J connectivity index is 2.14. The molecule has 0 aromatic heterocycles. The highest BCUT2D eigenvalue weighted by atomic mass is 16.4. The van der Waals surface area contributed by atoms with Crippen molar-refractivity contribution < 1.29 is 15.0 Å². The summed E-state index contributed by atoms with van der Waals surface area (Å²) in [5.74, 6) is 0.240. The van der Waals surface area contributed by atoms with Crippen molar-refractivity contribution in [2.24, 2.45) is 0 Å². The quantitative estimate of drug-likeness (QED) is 0.653. The Morgan fingerprint density at radius 2 is 2.20 bits per heavy atom. The lowest BCUT2D eigenvalue weighted by Crippen LogP contribution is -2.37. The van der Waals surface area contributed by atoms with Crippen LogP contribution in [0.3, 0.4) is 0 Å². The van der Waals surface area contributed by atoms with Gasteiger partial charge in [-0.3, -0.25) is 0 Å². The Kier molecular flexibility index (Phi) is 2.49. The lowest BCUT2D eigenvalue weighted by Gasteiger charge is -2.24. The number of carboxylic acid groups (broad SMARTS) is 1. The topological polar surface area (TPSA) is 69.6 Å². The van der Waals surface area contributed by atoms with Crippen molar-refractivity contribution in [3.63, 3.8) is 0 Å². The van der Waals surface area contributed by atoms with Crippen molar-refractivity contribution >= 4 is 6.09 Å². The molecule has 2 rings (SSSR count). The molecule has 1 unspecified atom stereocenters. The standard InChI is InChI=1S/C11H13NO3/c13-10-4-2-7-1-3-9(12-11(14)15)5-8(7)6-10/h2,4,6,9,12-13H,1,3,5H2,(H,14,15). The van der Waals surface area contributed by atoms with Crippen molar-refractivity contribution in [2.45, 2.75) is 25.3 Å². The fraction of sp³-hybridized carbons (Fsp3) is 0.364. The average Bonchev–Trinajstić information content (AvgIpc) is 2.16. The number of aromatic hydroxyl groups is 1. The molecule has 15 heavy (non-hydrogen) atoms. The van der Waals surface area contributed by atoms with Crippen LogP contribution in [0.1, 0.15) is 17.5 Å². The second-order valence-corrected chi connectivity index (χ2v) is 3.84. The van der Waals surface area contributed by atoms with Gasteiger partial charge < -0.3 is 15.5 Å². The molecule has 1 aromatic carbocycles. The maximum atomic E-state index is 10.5. The Morgan fingerprint density at radius 1 is 1.40 bits per heavy atom. The Morgan fingerprint density at radius 3 is 2.93 bits per heavy atom. The van der Waals surface area contributed by atoms with Crippen LogP contribution in [0.4, 0.5) is 4.79 Å². The monoisotopic (exact) mass is 207 g/mol. The molecule has 1 atom stereocenters. The molecule has 0 radical (unpaired) electrons. The van der Waals surface area contributed by atoms with E-state index in [0.29, 0.717) is 6.42 Å². The Hall–Kier alpha value is -1.71. The number of carbonyl (C=O) groups is 1. The van der Waals surface area contributed by atoms with E-state index in [1.165, 1.54) is 5.56 Å². The summed E-state index contributed by atoms with van der Waals surface area (Å²) in [6, 6.07) is 5.26. The lowest BCUT2D eigenvalue weighted by molar-refractivity contribution is 0.188. The highest BCUT2D eigenvalue weighted by Gasteiger charge is 2.19. The highest BCUT2D eigenvalue weighted by Crippen LogP contribution is 2.24. The minimum atomic E-state index is -0.983. The summed E-state index contributed by atoms with van der Waals surface area (Å²) >= 11 is 0. The van der Waals surface area contributed by atoms with E-state index in [1.54, 1.807) is 12.1 Å². The summed E-state index contributed by atoms with van der Waals surface area (Å²) in [6.07, 6.45) is 1.37. The molecular formula is C11H13NO3. The van der Waals surface area contributed by atoms with E-state index in [-0.39, 0.29) is 11.8 Å². The van der Waals surface area contributed by atoms with Crippen LogP contribution < -0.4 is 5.32 Å². The number of phenols is 1. The summed E-state index contributed by atoms with van der Waals surface area (Å²) in [5, 5.41) is 20.4. The molecule has 3 N–H and O–H groups in total. The number of fused-ring (bicyclic) bond motifs is 1. The molecule has 80 valence electrons. The number of amides is 1. The van der Waals surface area contributed by atoms with Crippen LogP contribution in [0.25, 0.3) is 0 Å². The molecule has 0 spiro atoms. The van der Waals surface area contributed by atoms with Crippen LogP contribution >= 0.6 is 0 Å². The smallest absolute Gasteiger partial charge is 0.404 e. The van der Waals surface area contributed by atoms with Crippen molar-refractivity contribution in [1.29, 1.82) is 0 Å². The van der Waals surface area contributed by atoms with Crippen LogP contribution in [-0.2, 0) is 12.8 Å². The Bertz CT molecular complexity index is 389. The predicted octanol–water partition coefficient (Wildman–Crippen LogP) is 1.52. The van der Waals surface area contributed by atoms with Gasteiger partial charge in [-0.25, -0.2) is 4.79 Å². The molecule has 4 heteroatoms. The Labute approximate surface area is 87.6 Å². The van der Waals surface area contributed by atoms with Gasteiger partial charge in [0.15, 0.2) is 0 Å².